The van der Waals surface area contributed by atoms with Crippen LogP contribution < -0.4 is 0 Å². The summed E-state index contributed by atoms with van der Waals surface area (Å²) >= 11 is 2.56. The molecule has 3 atom stereocenters. The number of alkyl halides is 1. The quantitative estimate of drug-likeness (QED) is 0.524. The summed E-state index contributed by atoms with van der Waals surface area (Å²) in [4.78, 5) is 0. The van der Waals surface area contributed by atoms with Crippen molar-refractivity contribution in [2.45, 2.75) is 48.7 Å². The average Bonchev–Trinajstić information content (AvgIpc) is 2.42. The van der Waals surface area contributed by atoms with E-state index >= 15 is 0 Å². The van der Waals surface area contributed by atoms with Crippen molar-refractivity contribution in [3.8, 4) is 0 Å². The lowest BCUT2D eigenvalue weighted by atomic mass is 9.82. The highest BCUT2D eigenvalue weighted by atomic mass is 127. The van der Waals surface area contributed by atoms with E-state index < -0.39 is 0 Å². The lowest BCUT2D eigenvalue weighted by molar-refractivity contribution is 0.0891. The second-order valence-corrected chi connectivity index (χ2v) is 7.06. The minimum Gasteiger partial charge on any atom is -0.375 e. The van der Waals surface area contributed by atoms with Gasteiger partial charge in [-0.25, -0.2) is 0 Å². The molecular formula is C9H15IO. The first kappa shape index (κ1) is 8.30. The number of ether oxygens (including phenoxy) is 1. The molecule has 11 heavy (non-hydrogen) atoms. The topological polar surface area (TPSA) is 9.23 Å². The molecule has 1 nitrogen and oxygen atoms in total. The monoisotopic (exact) mass is 266 g/mol. The van der Waals surface area contributed by atoms with Gasteiger partial charge in [0.15, 0.2) is 0 Å². The molecule has 0 amide bonds. The zero-order valence-corrected chi connectivity index (χ0v) is 9.30. The van der Waals surface area contributed by atoms with Gasteiger partial charge in [0, 0.05) is 9.34 Å². The molecule has 0 N–H and O–H groups in total. The fourth-order valence-corrected chi connectivity index (χ4v) is 3.02. The Balaban J connectivity index is 2.08. The molecule has 0 aromatic carbocycles. The zero-order chi connectivity index (χ0) is 8.06. The third-order valence-electron chi connectivity index (χ3n) is 2.99. The van der Waals surface area contributed by atoms with E-state index in [1.165, 1.54) is 19.3 Å². The number of rotatable bonds is 1. The molecule has 2 heterocycles. The molecule has 2 rings (SSSR count). The standard InChI is InChI=1S/C9H15IO/c1-9(2,10)7-5-6-3-4-8(7)11-6/h6-8H,3-5H2,1-2H3/t6-,7+,8+/m0/s1. The van der Waals surface area contributed by atoms with Crippen LogP contribution >= 0.6 is 22.6 Å². The van der Waals surface area contributed by atoms with Gasteiger partial charge in [0.2, 0.25) is 0 Å². The first-order valence-electron chi connectivity index (χ1n) is 4.42. The maximum absolute atomic E-state index is 5.81. The minimum absolute atomic E-state index is 0.428. The van der Waals surface area contributed by atoms with Crippen LogP contribution in [0.5, 0.6) is 0 Å². The van der Waals surface area contributed by atoms with Crippen molar-refractivity contribution in [3.05, 3.63) is 0 Å². The molecule has 2 saturated heterocycles. The molecule has 64 valence electrons. The van der Waals surface area contributed by atoms with Gasteiger partial charge >= 0.3 is 0 Å². The second-order valence-electron chi connectivity index (χ2n) is 4.28. The van der Waals surface area contributed by atoms with E-state index in [0.717, 1.165) is 5.92 Å². The van der Waals surface area contributed by atoms with Gasteiger partial charge in [-0.15, -0.1) is 0 Å². The molecule has 0 aliphatic carbocycles. The predicted octanol–water partition coefficient (Wildman–Crippen LogP) is 2.77. The predicted molar refractivity (Wildman–Crippen MR) is 54.1 cm³/mol. The van der Waals surface area contributed by atoms with E-state index in [0.29, 0.717) is 15.6 Å². The van der Waals surface area contributed by atoms with Crippen LogP contribution in [0.15, 0.2) is 0 Å². The van der Waals surface area contributed by atoms with Crippen molar-refractivity contribution >= 4 is 22.6 Å². The Morgan fingerprint density at radius 1 is 1.36 bits per heavy atom. The van der Waals surface area contributed by atoms with E-state index in [1.807, 2.05) is 0 Å². The summed E-state index contributed by atoms with van der Waals surface area (Å²) in [6.07, 6.45) is 5.13. The van der Waals surface area contributed by atoms with Crippen molar-refractivity contribution in [2.24, 2.45) is 5.92 Å². The maximum Gasteiger partial charge on any atom is 0.0621 e. The Morgan fingerprint density at radius 2 is 2.09 bits per heavy atom. The third-order valence-corrected chi connectivity index (χ3v) is 3.79. The van der Waals surface area contributed by atoms with Crippen LogP contribution in [0.4, 0.5) is 0 Å². The van der Waals surface area contributed by atoms with E-state index in [4.69, 9.17) is 4.74 Å². The molecular weight excluding hydrogens is 251 g/mol. The summed E-state index contributed by atoms with van der Waals surface area (Å²) in [6.45, 7) is 4.64. The molecule has 0 aromatic rings. The Bertz CT molecular complexity index is 161. The van der Waals surface area contributed by atoms with Crippen molar-refractivity contribution in [3.63, 3.8) is 0 Å². The van der Waals surface area contributed by atoms with E-state index in [1.54, 1.807) is 0 Å². The Hall–Kier alpha value is 0.690. The van der Waals surface area contributed by atoms with Gasteiger partial charge in [-0.05, 0) is 19.3 Å². The van der Waals surface area contributed by atoms with Gasteiger partial charge in [0.1, 0.15) is 0 Å². The summed E-state index contributed by atoms with van der Waals surface area (Å²) in [6, 6.07) is 0. The van der Waals surface area contributed by atoms with E-state index in [2.05, 4.69) is 36.4 Å². The van der Waals surface area contributed by atoms with Gasteiger partial charge in [-0.3, -0.25) is 0 Å². The molecule has 0 saturated carbocycles. The largest absolute Gasteiger partial charge is 0.375 e. The van der Waals surface area contributed by atoms with Crippen LogP contribution in [-0.4, -0.2) is 15.6 Å². The average molecular weight is 266 g/mol. The highest BCUT2D eigenvalue weighted by molar-refractivity contribution is 14.1. The van der Waals surface area contributed by atoms with Gasteiger partial charge < -0.3 is 4.74 Å². The molecule has 0 unspecified atom stereocenters. The smallest absolute Gasteiger partial charge is 0.0621 e. The first-order chi connectivity index (χ1) is 5.07. The molecule has 2 heteroatoms. The molecule has 2 aliphatic heterocycles. The third kappa shape index (κ3) is 1.44. The molecule has 0 spiro atoms. The summed E-state index contributed by atoms with van der Waals surface area (Å²) in [5.41, 5.74) is 0. The van der Waals surface area contributed by atoms with Crippen LogP contribution in [0, 0.1) is 5.92 Å². The number of halogens is 1. The Kier molecular flexibility index (Phi) is 1.95. The fraction of sp³-hybridized carbons (Fsp3) is 1.00. The molecule has 0 aromatic heterocycles. The maximum atomic E-state index is 5.81. The highest BCUT2D eigenvalue weighted by Crippen LogP contribution is 2.46. The number of hydrogen-bond donors (Lipinski definition) is 0. The van der Waals surface area contributed by atoms with Crippen molar-refractivity contribution in [1.82, 2.24) is 0 Å². The van der Waals surface area contributed by atoms with Gasteiger partial charge in [-0.2, -0.15) is 0 Å². The SMILES string of the molecule is CC(C)(I)[C@@H]1C[C@@H]2CC[C@H]1O2. The number of hydrogen-bond acceptors (Lipinski definition) is 1. The van der Waals surface area contributed by atoms with E-state index in [-0.39, 0.29) is 0 Å². The highest BCUT2D eigenvalue weighted by Gasteiger charge is 2.46. The summed E-state index contributed by atoms with van der Waals surface area (Å²) in [5.74, 6) is 0.807. The van der Waals surface area contributed by atoms with Crippen LogP contribution in [-0.2, 0) is 4.74 Å². The van der Waals surface area contributed by atoms with Crippen LogP contribution in [0.2, 0.25) is 0 Å². The molecule has 2 fully saturated rings. The summed E-state index contributed by atoms with van der Waals surface area (Å²) in [7, 11) is 0. The second kappa shape index (κ2) is 2.59. The van der Waals surface area contributed by atoms with Gasteiger partial charge in [0.25, 0.3) is 0 Å². The lowest BCUT2D eigenvalue weighted by Gasteiger charge is -2.30. The zero-order valence-electron chi connectivity index (χ0n) is 7.14. The molecule has 2 bridgehead atoms. The Morgan fingerprint density at radius 3 is 2.36 bits per heavy atom. The minimum atomic E-state index is 0.428. The molecule has 0 radical (unpaired) electrons. The first-order valence-corrected chi connectivity index (χ1v) is 5.49. The van der Waals surface area contributed by atoms with Crippen molar-refractivity contribution in [1.29, 1.82) is 0 Å². The van der Waals surface area contributed by atoms with Gasteiger partial charge in [-0.1, -0.05) is 36.4 Å². The van der Waals surface area contributed by atoms with Crippen molar-refractivity contribution < 1.29 is 4.74 Å². The normalized spacial score (nSPS) is 43.4. The Labute approximate surface area is 82.0 Å². The fourth-order valence-electron chi connectivity index (χ4n) is 2.36. The summed E-state index contributed by atoms with van der Waals surface area (Å²) in [5, 5.41) is 0. The van der Waals surface area contributed by atoms with Gasteiger partial charge in [0.05, 0.1) is 12.2 Å². The number of fused-ring (bicyclic) bond motifs is 2. The molecule has 2 aliphatic rings. The van der Waals surface area contributed by atoms with E-state index in [9.17, 15) is 0 Å². The summed E-state index contributed by atoms with van der Waals surface area (Å²) < 4.78 is 6.23. The van der Waals surface area contributed by atoms with Crippen LogP contribution in [0.1, 0.15) is 33.1 Å². The van der Waals surface area contributed by atoms with Crippen LogP contribution in [0.3, 0.4) is 0 Å². The van der Waals surface area contributed by atoms with Crippen LogP contribution in [0.25, 0.3) is 0 Å². The van der Waals surface area contributed by atoms with Crippen molar-refractivity contribution in [2.75, 3.05) is 0 Å². The lowest BCUT2D eigenvalue weighted by Crippen LogP contribution is -2.32.